The zero-order chi connectivity index (χ0) is 20.6. The molecule has 158 valence electrons. The molecule has 6 nitrogen and oxygen atoms in total. The van der Waals surface area contributed by atoms with Crippen LogP contribution < -0.4 is 4.90 Å². The van der Waals surface area contributed by atoms with Gasteiger partial charge in [-0.1, -0.05) is 13.8 Å². The third-order valence-electron chi connectivity index (χ3n) is 5.60. The van der Waals surface area contributed by atoms with Gasteiger partial charge >= 0.3 is 6.18 Å². The van der Waals surface area contributed by atoms with Crippen LogP contribution in [0.2, 0.25) is 0 Å². The molecule has 2 aromatic rings. The lowest BCUT2D eigenvalue weighted by Gasteiger charge is -2.39. The first-order chi connectivity index (χ1) is 13.8. The molecule has 2 aliphatic rings. The van der Waals surface area contributed by atoms with E-state index in [1.54, 1.807) is 6.20 Å². The van der Waals surface area contributed by atoms with Crippen LogP contribution in [0.1, 0.15) is 62.8 Å². The molecule has 0 spiro atoms. The smallest absolute Gasteiger partial charge is 0.433 e. The van der Waals surface area contributed by atoms with E-state index in [1.165, 1.54) is 0 Å². The number of likely N-dealkylation sites (tertiary alicyclic amines) is 1. The normalized spacial score (nSPS) is 19.1. The highest BCUT2D eigenvalue weighted by Gasteiger charge is 2.39. The number of oxazole rings is 1. The third kappa shape index (κ3) is 4.71. The minimum absolute atomic E-state index is 0.186. The topological polar surface area (TPSA) is 58.3 Å². The minimum atomic E-state index is -4.46. The van der Waals surface area contributed by atoms with E-state index in [2.05, 4.69) is 38.6 Å². The van der Waals surface area contributed by atoms with Crippen molar-refractivity contribution in [3.63, 3.8) is 0 Å². The molecular formula is C20H26F3N5O. The van der Waals surface area contributed by atoms with E-state index < -0.39 is 11.9 Å². The number of alkyl halides is 3. The van der Waals surface area contributed by atoms with E-state index in [-0.39, 0.29) is 12.1 Å². The van der Waals surface area contributed by atoms with E-state index in [0.717, 1.165) is 62.8 Å². The van der Waals surface area contributed by atoms with Gasteiger partial charge in [0.25, 0.3) is 0 Å². The van der Waals surface area contributed by atoms with E-state index in [1.807, 2.05) is 0 Å². The largest absolute Gasteiger partial charge is 0.444 e. The van der Waals surface area contributed by atoms with Crippen molar-refractivity contribution >= 4 is 5.82 Å². The zero-order valence-electron chi connectivity index (χ0n) is 16.7. The standard InChI is InChI=1S/C20H26F3N5O/c1-13(2)16-10-24-19(29-16)11-27-7-5-15(6-8-27)28(14-3-4-14)18-9-17(20(21,22)23)25-12-26-18/h9-10,12-15H,3-8,11H2,1-2H3. The first-order valence-corrected chi connectivity index (χ1v) is 10.2. The summed E-state index contributed by atoms with van der Waals surface area (Å²) in [7, 11) is 0. The summed E-state index contributed by atoms with van der Waals surface area (Å²) in [6.45, 7) is 6.50. The number of piperidine rings is 1. The maximum Gasteiger partial charge on any atom is 0.433 e. The molecule has 1 aliphatic heterocycles. The minimum Gasteiger partial charge on any atom is -0.444 e. The average Bonchev–Trinajstić information content (AvgIpc) is 3.40. The SMILES string of the molecule is CC(C)c1cnc(CN2CCC(N(c3cc(C(F)(F)F)ncn3)C3CC3)CC2)o1. The summed E-state index contributed by atoms with van der Waals surface area (Å²) < 4.78 is 45.0. The lowest BCUT2D eigenvalue weighted by Crippen LogP contribution is -2.46. The monoisotopic (exact) mass is 409 g/mol. The second-order valence-electron chi connectivity index (χ2n) is 8.22. The van der Waals surface area contributed by atoms with E-state index in [4.69, 9.17) is 4.42 Å². The van der Waals surface area contributed by atoms with Crippen LogP contribution in [0.3, 0.4) is 0 Å². The third-order valence-corrected chi connectivity index (χ3v) is 5.60. The van der Waals surface area contributed by atoms with Crippen molar-refractivity contribution in [3.8, 4) is 0 Å². The van der Waals surface area contributed by atoms with Crippen LogP contribution in [0.25, 0.3) is 0 Å². The maximum atomic E-state index is 13.1. The van der Waals surface area contributed by atoms with Gasteiger partial charge in [-0.05, 0) is 25.7 Å². The molecule has 0 bridgehead atoms. The van der Waals surface area contributed by atoms with Gasteiger partial charge in [0, 0.05) is 37.2 Å². The number of rotatable bonds is 6. The summed E-state index contributed by atoms with van der Waals surface area (Å²) in [5.74, 6) is 2.31. The number of hydrogen-bond acceptors (Lipinski definition) is 6. The fourth-order valence-corrected chi connectivity index (χ4v) is 3.88. The molecule has 1 aliphatic carbocycles. The highest BCUT2D eigenvalue weighted by molar-refractivity contribution is 5.44. The molecular weight excluding hydrogens is 383 g/mol. The van der Waals surface area contributed by atoms with Crippen LogP contribution in [0, 0.1) is 0 Å². The fourth-order valence-electron chi connectivity index (χ4n) is 3.88. The van der Waals surface area contributed by atoms with Crippen molar-refractivity contribution in [2.75, 3.05) is 18.0 Å². The van der Waals surface area contributed by atoms with Crippen LogP contribution in [0.15, 0.2) is 23.0 Å². The Labute approximate surface area is 168 Å². The lowest BCUT2D eigenvalue weighted by molar-refractivity contribution is -0.141. The van der Waals surface area contributed by atoms with Crippen LogP contribution >= 0.6 is 0 Å². The number of hydrogen-bond donors (Lipinski definition) is 0. The zero-order valence-corrected chi connectivity index (χ0v) is 16.7. The molecule has 1 saturated carbocycles. The van der Waals surface area contributed by atoms with Gasteiger partial charge < -0.3 is 9.32 Å². The molecule has 0 radical (unpaired) electrons. The Balaban J connectivity index is 1.41. The molecule has 29 heavy (non-hydrogen) atoms. The first-order valence-electron chi connectivity index (χ1n) is 10.2. The Morgan fingerprint density at radius 1 is 1.10 bits per heavy atom. The van der Waals surface area contributed by atoms with Crippen molar-refractivity contribution in [1.29, 1.82) is 0 Å². The molecule has 3 heterocycles. The Kier molecular flexibility index (Phi) is 5.50. The number of halogens is 3. The van der Waals surface area contributed by atoms with Gasteiger partial charge in [-0.15, -0.1) is 0 Å². The fraction of sp³-hybridized carbons (Fsp3) is 0.650. The molecule has 4 rings (SSSR count). The molecule has 9 heteroatoms. The molecule has 1 saturated heterocycles. The quantitative estimate of drug-likeness (QED) is 0.711. The van der Waals surface area contributed by atoms with Crippen molar-refractivity contribution in [2.45, 2.75) is 70.3 Å². The average molecular weight is 409 g/mol. The molecule has 0 N–H and O–H groups in total. The van der Waals surface area contributed by atoms with Crippen molar-refractivity contribution < 1.29 is 17.6 Å². The number of aromatic nitrogens is 3. The summed E-state index contributed by atoms with van der Waals surface area (Å²) in [5, 5.41) is 0. The summed E-state index contributed by atoms with van der Waals surface area (Å²) in [4.78, 5) is 16.3. The molecule has 0 amide bonds. The molecule has 2 aromatic heterocycles. The van der Waals surface area contributed by atoms with Gasteiger partial charge in [0.2, 0.25) is 5.89 Å². The Morgan fingerprint density at radius 2 is 1.79 bits per heavy atom. The summed E-state index contributed by atoms with van der Waals surface area (Å²) in [5.41, 5.74) is -0.879. The summed E-state index contributed by atoms with van der Waals surface area (Å²) in [6, 6.07) is 1.55. The van der Waals surface area contributed by atoms with Crippen LogP contribution in [0.5, 0.6) is 0 Å². The Hall–Kier alpha value is -2.16. The second-order valence-corrected chi connectivity index (χ2v) is 8.22. The van der Waals surface area contributed by atoms with Crippen LogP contribution in [-0.2, 0) is 12.7 Å². The molecule has 0 unspecified atom stereocenters. The van der Waals surface area contributed by atoms with E-state index >= 15 is 0 Å². The van der Waals surface area contributed by atoms with Crippen LogP contribution in [0.4, 0.5) is 19.0 Å². The van der Waals surface area contributed by atoms with Gasteiger partial charge in [-0.25, -0.2) is 15.0 Å². The van der Waals surface area contributed by atoms with Gasteiger partial charge in [0.05, 0.1) is 12.7 Å². The first kappa shape index (κ1) is 20.1. The number of nitrogens with zero attached hydrogens (tertiary/aromatic N) is 5. The van der Waals surface area contributed by atoms with Gasteiger partial charge in [-0.3, -0.25) is 4.90 Å². The van der Waals surface area contributed by atoms with E-state index in [9.17, 15) is 13.2 Å². The molecule has 0 aromatic carbocycles. The number of anilines is 1. The molecule has 0 atom stereocenters. The highest BCUT2D eigenvalue weighted by Crippen LogP contribution is 2.37. The lowest BCUT2D eigenvalue weighted by atomic mass is 10.0. The second kappa shape index (κ2) is 7.93. The Morgan fingerprint density at radius 3 is 2.38 bits per heavy atom. The Bertz CT molecular complexity index is 826. The van der Waals surface area contributed by atoms with Crippen molar-refractivity contribution in [2.24, 2.45) is 0 Å². The van der Waals surface area contributed by atoms with Crippen molar-refractivity contribution in [3.05, 3.63) is 35.9 Å². The van der Waals surface area contributed by atoms with E-state index in [0.29, 0.717) is 18.3 Å². The summed E-state index contributed by atoms with van der Waals surface area (Å²) >= 11 is 0. The predicted octanol–water partition coefficient (Wildman–Crippen LogP) is 4.24. The summed E-state index contributed by atoms with van der Waals surface area (Å²) in [6.07, 6.45) is 2.10. The van der Waals surface area contributed by atoms with Gasteiger partial charge in [-0.2, -0.15) is 13.2 Å². The van der Waals surface area contributed by atoms with Gasteiger partial charge in [0.15, 0.2) is 0 Å². The maximum absolute atomic E-state index is 13.1. The van der Waals surface area contributed by atoms with Gasteiger partial charge in [0.1, 0.15) is 23.6 Å². The molecule has 2 fully saturated rings. The predicted molar refractivity (Wildman–Crippen MR) is 101 cm³/mol. The van der Waals surface area contributed by atoms with Crippen molar-refractivity contribution in [1.82, 2.24) is 19.9 Å². The van der Waals surface area contributed by atoms with Crippen LogP contribution in [-0.4, -0.2) is 45.0 Å². The highest BCUT2D eigenvalue weighted by atomic mass is 19.4.